The summed E-state index contributed by atoms with van der Waals surface area (Å²) in [6.45, 7) is 0.845. The number of likely N-dealkylation sites (tertiary alicyclic amines) is 1. The van der Waals surface area contributed by atoms with Crippen LogP contribution in [0.25, 0.3) is 0 Å². The summed E-state index contributed by atoms with van der Waals surface area (Å²) in [5.74, 6) is 0. The predicted octanol–water partition coefficient (Wildman–Crippen LogP) is 7.17. The molecule has 2 aliphatic rings. The number of carbonyl (C=O) groups is 2. The van der Waals surface area contributed by atoms with Crippen LogP contribution in [-0.2, 0) is 38.7 Å². The van der Waals surface area contributed by atoms with Crippen LogP contribution in [0.1, 0.15) is 47.3 Å². The molecule has 0 aromatic heterocycles. The van der Waals surface area contributed by atoms with E-state index in [4.69, 9.17) is 14.2 Å². The van der Waals surface area contributed by atoms with Gasteiger partial charge < -0.3 is 14.2 Å². The number of nitrogens with zero attached hydrogens (tertiary/aromatic N) is 1. The summed E-state index contributed by atoms with van der Waals surface area (Å²) < 4.78 is 98.0. The van der Waals surface area contributed by atoms with E-state index in [1.54, 1.807) is 60.7 Å². The van der Waals surface area contributed by atoms with Crippen molar-refractivity contribution in [1.82, 2.24) is 10.2 Å². The molecule has 2 amide bonds. The Hall–Kier alpha value is -4.26. The lowest BCUT2D eigenvalue weighted by Crippen LogP contribution is -2.55. The molecule has 3 aromatic rings. The molecule has 43 heavy (non-hydrogen) atoms. The van der Waals surface area contributed by atoms with Crippen LogP contribution in [0.2, 0.25) is 0 Å². The molecule has 7 nitrogen and oxygen atoms in total. The summed E-state index contributed by atoms with van der Waals surface area (Å²) in [6.07, 6.45) is -14.7. The van der Waals surface area contributed by atoms with Crippen LogP contribution in [-0.4, -0.2) is 36.0 Å². The van der Waals surface area contributed by atoms with Gasteiger partial charge in [-0.05, 0) is 41.8 Å². The van der Waals surface area contributed by atoms with Crippen LogP contribution < -0.4 is 5.32 Å². The molecule has 2 aliphatic heterocycles. The van der Waals surface area contributed by atoms with Gasteiger partial charge in [-0.3, -0.25) is 10.2 Å². The third-order valence-corrected chi connectivity index (χ3v) is 7.52. The van der Waals surface area contributed by atoms with E-state index in [0.29, 0.717) is 23.3 Å². The monoisotopic (exact) mass is 608 g/mol. The van der Waals surface area contributed by atoms with E-state index in [1.807, 2.05) is 0 Å². The molecule has 0 radical (unpaired) electrons. The molecule has 0 aliphatic carbocycles. The van der Waals surface area contributed by atoms with E-state index < -0.39 is 59.6 Å². The number of halogens is 6. The number of fused-ring (bicyclic) bond motifs is 1. The average Bonchev–Trinajstić information content (AvgIpc) is 3.47. The first-order chi connectivity index (χ1) is 20.3. The molecule has 2 heterocycles. The van der Waals surface area contributed by atoms with Crippen molar-refractivity contribution < 1.29 is 50.1 Å². The Kier molecular flexibility index (Phi) is 8.03. The van der Waals surface area contributed by atoms with Gasteiger partial charge in [0.15, 0.2) is 0 Å². The Morgan fingerprint density at radius 2 is 1.56 bits per heavy atom. The number of amides is 2. The zero-order valence-corrected chi connectivity index (χ0v) is 22.6. The topological polar surface area (TPSA) is 77.1 Å². The van der Waals surface area contributed by atoms with Crippen LogP contribution in [0, 0.1) is 0 Å². The first-order valence-corrected chi connectivity index (χ1v) is 13.2. The van der Waals surface area contributed by atoms with Crippen LogP contribution in [0.3, 0.4) is 0 Å². The number of hydrogen-bond donors (Lipinski definition) is 1. The molecule has 0 bridgehead atoms. The highest BCUT2D eigenvalue weighted by Crippen LogP contribution is 2.46. The summed E-state index contributed by atoms with van der Waals surface area (Å²) in [5, 5.41) is 2.60. The summed E-state index contributed by atoms with van der Waals surface area (Å²) in [6, 6.07) is 18.6. The molecule has 228 valence electrons. The first-order valence-electron chi connectivity index (χ1n) is 13.2. The Morgan fingerprint density at radius 1 is 0.977 bits per heavy atom. The molecular weight excluding hydrogens is 582 g/mol. The molecule has 2 saturated heterocycles. The predicted molar refractivity (Wildman–Crippen MR) is 139 cm³/mol. The second-order valence-electron chi connectivity index (χ2n) is 10.3. The van der Waals surface area contributed by atoms with Crippen molar-refractivity contribution >= 4 is 12.2 Å². The Bertz CT molecular complexity index is 1440. The van der Waals surface area contributed by atoms with E-state index in [-0.39, 0.29) is 31.3 Å². The van der Waals surface area contributed by atoms with Gasteiger partial charge in [0.25, 0.3) is 0 Å². The quantitative estimate of drug-likeness (QED) is 0.288. The van der Waals surface area contributed by atoms with Crippen molar-refractivity contribution in [3.05, 3.63) is 107 Å². The molecule has 3 aromatic carbocycles. The van der Waals surface area contributed by atoms with Crippen LogP contribution in [0.5, 0.6) is 0 Å². The second-order valence-corrected chi connectivity index (χ2v) is 10.3. The van der Waals surface area contributed by atoms with Crippen molar-refractivity contribution in [2.75, 3.05) is 6.61 Å². The minimum Gasteiger partial charge on any atom is -0.444 e. The summed E-state index contributed by atoms with van der Waals surface area (Å²) in [7, 11) is 0. The fourth-order valence-electron chi connectivity index (χ4n) is 5.40. The smallest absolute Gasteiger partial charge is 0.416 e. The molecule has 5 rings (SSSR count). The van der Waals surface area contributed by atoms with Crippen molar-refractivity contribution in [3.63, 3.8) is 0 Å². The number of rotatable bonds is 7. The first kappa shape index (κ1) is 30.2. The van der Waals surface area contributed by atoms with Gasteiger partial charge >= 0.3 is 24.5 Å². The van der Waals surface area contributed by atoms with Crippen molar-refractivity contribution in [3.8, 4) is 0 Å². The van der Waals surface area contributed by atoms with Gasteiger partial charge in [0.1, 0.15) is 24.4 Å². The number of alkyl carbamates (subject to hydrolysis) is 1. The van der Waals surface area contributed by atoms with Crippen molar-refractivity contribution in [2.24, 2.45) is 0 Å². The highest BCUT2D eigenvalue weighted by atomic mass is 19.4. The fourth-order valence-corrected chi connectivity index (χ4v) is 5.40. The van der Waals surface area contributed by atoms with E-state index in [1.165, 1.54) is 11.8 Å². The van der Waals surface area contributed by atoms with Gasteiger partial charge in [-0.25, -0.2) is 9.59 Å². The highest BCUT2D eigenvalue weighted by molar-refractivity contribution is 5.75. The fraction of sp³-hybridized carbons (Fsp3) is 0.333. The summed E-state index contributed by atoms with van der Waals surface area (Å²) >= 11 is 0. The molecule has 1 unspecified atom stereocenters. The molecule has 13 heteroatoms. The van der Waals surface area contributed by atoms with Crippen LogP contribution in [0.4, 0.5) is 35.9 Å². The van der Waals surface area contributed by atoms with E-state index in [0.717, 1.165) is 0 Å². The zero-order chi connectivity index (χ0) is 31.0. The number of nitrogens with one attached hydrogen (secondary N) is 1. The normalized spacial score (nSPS) is 22.5. The van der Waals surface area contributed by atoms with Crippen LogP contribution in [0.15, 0.2) is 78.9 Å². The lowest BCUT2D eigenvalue weighted by molar-refractivity contribution is -0.143. The van der Waals surface area contributed by atoms with Gasteiger partial charge in [-0.1, -0.05) is 60.7 Å². The average molecular weight is 609 g/mol. The number of carbonyl (C=O) groups excluding carboxylic acids is 2. The van der Waals surface area contributed by atoms with Gasteiger partial charge in [0.2, 0.25) is 0 Å². The summed E-state index contributed by atoms with van der Waals surface area (Å²) in [5.41, 5.74) is -3.44. The maximum atomic E-state index is 13.7. The second kappa shape index (κ2) is 11.4. The zero-order valence-electron chi connectivity index (χ0n) is 22.6. The Balaban J connectivity index is 1.49. The molecular formula is C30H26F6N2O5. The molecule has 0 spiro atoms. The van der Waals surface area contributed by atoms with Crippen LogP contribution >= 0.6 is 0 Å². The summed E-state index contributed by atoms with van der Waals surface area (Å²) in [4.78, 5) is 27.0. The minimum atomic E-state index is -5.03. The molecule has 1 N–H and O–H groups in total. The molecule has 0 saturated carbocycles. The lowest BCUT2D eigenvalue weighted by atomic mass is 9.87. The maximum Gasteiger partial charge on any atom is 0.416 e. The van der Waals surface area contributed by atoms with Crippen molar-refractivity contribution in [2.45, 2.75) is 56.2 Å². The van der Waals surface area contributed by atoms with E-state index in [9.17, 15) is 35.9 Å². The van der Waals surface area contributed by atoms with Gasteiger partial charge in [0.05, 0.1) is 23.8 Å². The van der Waals surface area contributed by atoms with Gasteiger partial charge in [-0.15, -0.1) is 0 Å². The van der Waals surface area contributed by atoms with E-state index >= 15 is 0 Å². The Morgan fingerprint density at radius 3 is 2.14 bits per heavy atom. The molecule has 2 fully saturated rings. The number of benzene rings is 3. The highest BCUT2D eigenvalue weighted by Gasteiger charge is 2.60. The third kappa shape index (κ3) is 6.26. The van der Waals surface area contributed by atoms with Gasteiger partial charge in [0, 0.05) is 6.42 Å². The molecule has 4 atom stereocenters. The number of hydrogen-bond acceptors (Lipinski definition) is 5. The number of alkyl halides is 6. The Labute approximate surface area is 242 Å². The van der Waals surface area contributed by atoms with Gasteiger partial charge in [-0.2, -0.15) is 26.3 Å². The number of ether oxygens (including phenoxy) is 3. The maximum absolute atomic E-state index is 13.7. The van der Waals surface area contributed by atoms with E-state index in [2.05, 4.69) is 5.32 Å². The lowest BCUT2D eigenvalue weighted by Gasteiger charge is -2.40. The minimum absolute atomic E-state index is 0.0178. The SMILES string of the molecule is C[C@@H](OC[C@@]1(c2ccccc2)C[C@H]2OC(=O)NC2N1C(=O)OCc1ccccc1)c1cc(C(F)(F)F)cc(C(F)(F)F)c1. The standard InChI is InChI=1S/C30H26F6N2O5/c1-18(20-12-22(29(31,32)33)14-23(13-20)30(34,35)36)42-17-28(21-10-6-3-7-11-21)15-24-25(37-26(39)43-24)38(28)27(40)41-16-19-8-4-2-5-9-19/h2-14,18,24-25H,15-17H2,1H3,(H,37,39)/t18-,24-,25?,28-/m1/s1. The largest absolute Gasteiger partial charge is 0.444 e. The van der Waals surface area contributed by atoms with Crippen molar-refractivity contribution in [1.29, 1.82) is 0 Å². The third-order valence-electron chi connectivity index (χ3n) is 7.52.